The topological polar surface area (TPSA) is 38.0 Å². The van der Waals surface area contributed by atoms with Crippen molar-refractivity contribution in [1.82, 2.24) is 5.32 Å². The summed E-state index contributed by atoms with van der Waals surface area (Å²) >= 11 is 0. The summed E-state index contributed by atoms with van der Waals surface area (Å²) < 4.78 is 0. The number of nitrogens with one attached hydrogen (secondary N) is 1. The number of rotatable bonds is 5. The Bertz CT molecular complexity index is 375. The highest BCUT2D eigenvalue weighted by atomic mass is 14.9. The molecule has 1 fully saturated rings. The molecule has 1 aromatic rings. The highest BCUT2D eigenvalue weighted by Gasteiger charge is 2.34. The summed E-state index contributed by atoms with van der Waals surface area (Å²) in [6.07, 6.45) is 3.94. The van der Waals surface area contributed by atoms with Gasteiger partial charge in [-0.2, -0.15) is 0 Å². The first kappa shape index (κ1) is 12.6. The predicted molar refractivity (Wildman–Crippen MR) is 73.0 cm³/mol. The molecule has 1 aliphatic carbocycles. The van der Waals surface area contributed by atoms with Gasteiger partial charge in [0.25, 0.3) is 0 Å². The fourth-order valence-electron chi connectivity index (χ4n) is 2.64. The van der Waals surface area contributed by atoms with Crippen molar-refractivity contribution in [3.8, 4) is 0 Å². The lowest BCUT2D eigenvalue weighted by molar-refractivity contribution is 0.140. The maximum absolute atomic E-state index is 5.86. The van der Waals surface area contributed by atoms with Crippen molar-refractivity contribution in [2.75, 3.05) is 13.1 Å². The first-order valence-electron chi connectivity index (χ1n) is 6.62. The minimum atomic E-state index is 0.401. The molecular weight excluding hydrogens is 208 g/mol. The normalized spacial score (nSPS) is 17.8. The van der Waals surface area contributed by atoms with Gasteiger partial charge >= 0.3 is 0 Å². The van der Waals surface area contributed by atoms with Crippen LogP contribution < -0.4 is 11.1 Å². The Morgan fingerprint density at radius 1 is 1.29 bits per heavy atom. The SMILES string of the molecule is Cc1ccc(CNCC2(CN)CCC2)c(C)c1. The Labute approximate surface area is 105 Å². The molecule has 1 aromatic carbocycles. The van der Waals surface area contributed by atoms with E-state index in [4.69, 9.17) is 5.73 Å². The van der Waals surface area contributed by atoms with Crippen LogP contribution in [0, 0.1) is 19.3 Å². The maximum atomic E-state index is 5.86. The van der Waals surface area contributed by atoms with Crippen molar-refractivity contribution in [2.24, 2.45) is 11.1 Å². The molecule has 2 nitrogen and oxygen atoms in total. The van der Waals surface area contributed by atoms with Gasteiger partial charge < -0.3 is 11.1 Å². The molecule has 0 bridgehead atoms. The van der Waals surface area contributed by atoms with Crippen LogP contribution in [0.15, 0.2) is 18.2 Å². The number of benzene rings is 1. The quantitative estimate of drug-likeness (QED) is 0.818. The van der Waals surface area contributed by atoms with E-state index in [0.29, 0.717) is 5.41 Å². The van der Waals surface area contributed by atoms with Crippen LogP contribution >= 0.6 is 0 Å². The van der Waals surface area contributed by atoms with Crippen molar-refractivity contribution in [3.05, 3.63) is 34.9 Å². The third kappa shape index (κ3) is 2.88. The zero-order valence-electron chi connectivity index (χ0n) is 11.1. The van der Waals surface area contributed by atoms with Gasteiger partial charge in [-0.1, -0.05) is 30.2 Å². The standard InChI is InChI=1S/C15H24N2/c1-12-4-5-14(13(2)8-12)9-17-11-15(10-16)6-3-7-15/h4-5,8,17H,3,6-7,9-11,16H2,1-2H3. The Morgan fingerprint density at radius 2 is 2.06 bits per heavy atom. The van der Waals surface area contributed by atoms with Gasteiger partial charge in [-0.3, -0.25) is 0 Å². The molecule has 0 saturated heterocycles. The number of aryl methyl sites for hydroxylation is 2. The first-order valence-corrected chi connectivity index (χ1v) is 6.62. The summed E-state index contributed by atoms with van der Waals surface area (Å²) in [5, 5.41) is 3.58. The lowest BCUT2D eigenvalue weighted by atomic mass is 9.69. The van der Waals surface area contributed by atoms with Crippen LogP contribution in [0.25, 0.3) is 0 Å². The highest BCUT2D eigenvalue weighted by Crippen LogP contribution is 2.39. The second-order valence-corrected chi connectivity index (χ2v) is 5.59. The van der Waals surface area contributed by atoms with Crippen LogP contribution in [-0.2, 0) is 6.54 Å². The van der Waals surface area contributed by atoms with Crippen LogP contribution in [0.5, 0.6) is 0 Å². The zero-order chi connectivity index (χ0) is 12.3. The first-order chi connectivity index (χ1) is 8.15. The van der Waals surface area contributed by atoms with Crippen molar-refractivity contribution < 1.29 is 0 Å². The molecule has 0 atom stereocenters. The molecule has 3 N–H and O–H groups in total. The van der Waals surface area contributed by atoms with E-state index < -0.39 is 0 Å². The predicted octanol–water partition coefficient (Wildman–Crippen LogP) is 2.52. The van der Waals surface area contributed by atoms with Crippen molar-refractivity contribution in [1.29, 1.82) is 0 Å². The van der Waals surface area contributed by atoms with Crippen LogP contribution in [0.1, 0.15) is 36.0 Å². The molecule has 2 heteroatoms. The van der Waals surface area contributed by atoms with Gasteiger partial charge in [-0.15, -0.1) is 0 Å². The Hall–Kier alpha value is -0.860. The second kappa shape index (κ2) is 5.19. The van der Waals surface area contributed by atoms with E-state index in [-0.39, 0.29) is 0 Å². The molecule has 94 valence electrons. The van der Waals surface area contributed by atoms with Crippen molar-refractivity contribution >= 4 is 0 Å². The monoisotopic (exact) mass is 232 g/mol. The molecular formula is C15H24N2. The van der Waals surface area contributed by atoms with Gasteiger partial charge in [0, 0.05) is 13.1 Å². The molecule has 1 aliphatic rings. The van der Waals surface area contributed by atoms with E-state index >= 15 is 0 Å². The summed E-state index contributed by atoms with van der Waals surface area (Å²) in [7, 11) is 0. The largest absolute Gasteiger partial charge is 0.330 e. The average Bonchev–Trinajstić information content (AvgIpc) is 2.25. The molecule has 17 heavy (non-hydrogen) atoms. The average molecular weight is 232 g/mol. The van der Waals surface area contributed by atoms with Crippen LogP contribution in [-0.4, -0.2) is 13.1 Å². The van der Waals surface area contributed by atoms with Gasteiger partial charge in [0.1, 0.15) is 0 Å². The smallest absolute Gasteiger partial charge is 0.0208 e. The molecule has 0 amide bonds. The van der Waals surface area contributed by atoms with Crippen LogP contribution in [0.4, 0.5) is 0 Å². The second-order valence-electron chi connectivity index (χ2n) is 5.59. The molecule has 0 aliphatic heterocycles. The van der Waals surface area contributed by atoms with Gasteiger partial charge in [-0.05, 0) is 49.8 Å². The molecule has 0 radical (unpaired) electrons. The van der Waals surface area contributed by atoms with E-state index in [0.717, 1.165) is 19.6 Å². The highest BCUT2D eigenvalue weighted by molar-refractivity contribution is 5.30. The fraction of sp³-hybridized carbons (Fsp3) is 0.600. The molecule has 0 aromatic heterocycles. The van der Waals surface area contributed by atoms with Gasteiger partial charge in [0.05, 0.1) is 0 Å². The van der Waals surface area contributed by atoms with E-state index in [1.807, 2.05) is 0 Å². The number of hydrogen-bond donors (Lipinski definition) is 2. The molecule has 0 spiro atoms. The van der Waals surface area contributed by atoms with Gasteiger partial charge in [0.2, 0.25) is 0 Å². The van der Waals surface area contributed by atoms with Crippen LogP contribution in [0.3, 0.4) is 0 Å². The summed E-state index contributed by atoms with van der Waals surface area (Å²) in [5.74, 6) is 0. The minimum Gasteiger partial charge on any atom is -0.330 e. The summed E-state index contributed by atoms with van der Waals surface area (Å²) in [5.41, 5.74) is 10.4. The molecule has 1 saturated carbocycles. The lowest BCUT2D eigenvalue weighted by Gasteiger charge is -2.41. The number of nitrogens with two attached hydrogens (primary N) is 1. The van der Waals surface area contributed by atoms with E-state index in [9.17, 15) is 0 Å². The Balaban J connectivity index is 1.85. The molecule has 0 heterocycles. The Kier molecular flexibility index (Phi) is 3.85. The zero-order valence-corrected chi connectivity index (χ0v) is 11.1. The third-order valence-electron chi connectivity index (χ3n) is 4.16. The summed E-state index contributed by atoms with van der Waals surface area (Å²) in [4.78, 5) is 0. The summed E-state index contributed by atoms with van der Waals surface area (Å²) in [6.45, 7) is 7.19. The van der Waals surface area contributed by atoms with Crippen molar-refractivity contribution in [3.63, 3.8) is 0 Å². The van der Waals surface area contributed by atoms with Crippen LogP contribution in [0.2, 0.25) is 0 Å². The van der Waals surface area contributed by atoms with E-state index in [2.05, 4.69) is 37.4 Å². The van der Waals surface area contributed by atoms with E-state index in [1.165, 1.54) is 36.0 Å². The van der Waals surface area contributed by atoms with Crippen molar-refractivity contribution in [2.45, 2.75) is 39.7 Å². The van der Waals surface area contributed by atoms with E-state index in [1.54, 1.807) is 0 Å². The fourth-order valence-corrected chi connectivity index (χ4v) is 2.64. The summed E-state index contributed by atoms with van der Waals surface area (Å²) in [6, 6.07) is 6.67. The molecule has 2 rings (SSSR count). The molecule has 0 unspecified atom stereocenters. The lowest BCUT2D eigenvalue weighted by Crippen LogP contribution is -2.45. The van der Waals surface area contributed by atoms with Gasteiger partial charge in [-0.25, -0.2) is 0 Å². The van der Waals surface area contributed by atoms with Gasteiger partial charge in [0.15, 0.2) is 0 Å². The maximum Gasteiger partial charge on any atom is 0.0208 e. The Morgan fingerprint density at radius 3 is 2.59 bits per heavy atom. The minimum absolute atomic E-state index is 0.401. The third-order valence-corrected chi connectivity index (χ3v) is 4.16. The number of hydrogen-bond acceptors (Lipinski definition) is 2.